The van der Waals surface area contributed by atoms with E-state index in [2.05, 4.69) is 15.2 Å². The first-order valence-electron chi connectivity index (χ1n) is 8.05. The number of halogens is 1. The fraction of sp³-hybridized carbons (Fsp3) is 0.333. The van der Waals surface area contributed by atoms with Gasteiger partial charge in [0.25, 0.3) is 5.91 Å². The molecule has 0 unspecified atom stereocenters. The van der Waals surface area contributed by atoms with Crippen LogP contribution in [0, 0.1) is 5.82 Å². The van der Waals surface area contributed by atoms with Crippen molar-refractivity contribution in [1.82, 2.24) is 10.3 Å². The van der Waals surface area contributed by atoms with E-state index in [-0.39, 0.29) is 24.3 Å². The lowest BCUT2D eigenvalue weighted by Gasteiger charge is -2.33. The molecule has 1 saturated heterocycles. The van der Waals surface area contributed by atoms with E-state index >= 15 is 0 Å². The van der Waals surface area contributed by atoms with Crippen LogP contribution in [-0.4, -0.2) is 36.6 Å². The van der Waals surface area contributed by atoms with Crippen molar-refractivity contribution in [2.45, 2.75) is 18.9 Å². The molecule has 0 bridgehead atoms. The average molecular weight is 329 g/mol. The molecule has 1 fully saturated rings. The zero-order chi connectivity index (χ0) is 16.8. The number of benzene rings is 1. The number of carbonyl (C=O) groups excluding carboxylic acids is 1. The number of ether oxygens (including phenoxy) is 1. The summed E-state index contributed by atoms with van der Waals surface area (Å²) in [6.07, 6.45) is 3.66. The second kappa shape index (κ2) is 7.77. The van der Waals surface area contributed by atoms with Crippen LogP contribution in [0.1, 0.15) is 12.8 Å². The number of nitrogens with one attached hydrogen (secondary N) is 1. The molecule has 1 amide bonds. The zero-order valence-electron chi connectivity index (χ0n) is 13.3. The van der Waals surface area contributed by atoms with Gasteiger partial charge in [0, 0.05) is 25.3 Å². The molecular formula is C18H20FN3O2. The predicted octanol–water partition coefficient (Wildman–Crippen LogP) is 2.38. The van der Waals surface area contributed by atoms with E-state index in [1.54, 1.807) is 18.3 Å². The van der Waals surface area contributed by atoms with Gasteiger partial charge in [-0.25, -0.2) is 9.37 Å². The van der Waals surface area contributed by atoms with Crippen molar-refractivity contribution >= 4 is 11.7 Å². The highest BCUT2D eigenvalue weighted by molar-refractivity contribution is 5.78. The van der Waals surface area contributed by atoms with E-state index in [0.717, 1.165) is 25.2 Å². The monoisotopic (exact) mass is 329 g/mol. The van der Waals surface area contributed by atoms with Crippen LogP contribution >= 0.6 is 0 Å². The summed E-state index contributed by atoms with van der Waals surface area (Å²) in [5.41, 5.74) is 0. The summed E-state index contributed by atoms with van der Waals surface area (Å²) in [4.78, 5) is 18.6. The largest absolute Gasteiger partial charge is 0.481 e. The van der Waals surface area contributed by atoms with Crippen LogP contribution in [0.2, 0.25) is 0 Å². The third-order valence-corrected chi connectivity index (χ3v) is 3.96. The van der Waals surface area contributed by atoms with Gasteiger partial charge in [-0.2, -0.15) is 0 Å². The Bertz CT molecular complexity index is 681. The summed E-state index contributed by atoms with van der Waals surface area (Å²) in [5.74, 6) is 0.292. The second-order valence-corrected chi connectivity index (χ2v) is 5.76. The van der Waals surface area contributed by atoms with Gasteiger partial charge in [-0.1, -0.05) is 18.2 Å². The van der Waals surface area contributed by atoms with Gasteiger partial charge in [0.2, 0.25) is 0 Å². The zero-order valence-corrected chi connectivity index (χ0v) is 13.3. The van der Waals surface area contributed by atoms with Gasteiger partial charge in [0.15, 0.2) is 18.2 Å². The number of aromatic nitrogens is 1. The molecule has 2 aromatic rings. The molecule has 1 atom stereocenters. The molecule has 1 aliphatic rings. The van der Waals surface area contributed by atoms with Crippen molar-refractivity contribution in [2.24, 2.45) is 0 Å². The molecule has 3 rings (SSSR count). The Balaban J connectivity index is 1.50. The fourth-order valence-corrected chi connectivity index (χ4v) is 2.82. The van der Waals surface area contributed by atoms with Crippen LogP contribution in [0.15, 0.2) is 48.7 Å². The summed E-state index contributed by atoms with van der Waals surface area (Å²) in [6, 6.07) is 11.9. The first kappa shape index (κ1) is 16.2. The number of piperidine rings is 1. The van der Waals surface area contributed by atoms with Crippen molar-refractivity contribution in [2.75, 3.05) is 24.6 Å². The maximum absolute atomic E-state index is 13.5. The number of para-hydroxylation sites is 1. The van der Waals surface area contributed by atoms with Gasteiger partial charge in [-0.05, 0) is 37.1 Å². The minimum atomic E-state index is -0.468. The molecule has 6 heteroatoms. The van der Waals surface area contributed by atoms with E-state index in [4.69, 9.17) is 4.74 Å². The molecule has 1 N–H and O–H groups in total. The highest BCUT2D eigenvalue weighted by atomic mass is 19.1. The predicted molar refractivity (Wildman–Crippen MR) is 89.5 cm³/mol. The van der Waals surface area contributed by atoms with E-state index in [9.17, 15) is 9.18 Å². The number of amides is 1. The molecule has 0 aliphatic carbocycles. The molecular weight excluding hydrogens is 309 g/mol. The summed E-state index contributed by atoms with van der Waals surface area (Å²) >= 11 is 0. The highest BCUT2D eigenvalue weighted by Gasteiger charge is 2.22. The lowest BCUT2D eigenvalue weighted by atomic mass is 10.1. The van der Waals surface area contributed by atoms with E-state index in [0.29, 0.717) is 6.54 Å². The van der Waals surface area contributed by atoms with Crippen molar-refractivity contribution in [3.05, 3.63) is 54.5 Å². The summed E-state index contributed by atoms with van der Waals surface area (Å²) in [5, 5.41) is 2.95. The first-order chi connectivity index (χ1) is 11.7. The smallest absolute Gasteiger partial charge is 0.258 e. The van der Waals surface area contributed by atoms with Crippen molar-refractivity contribution in [1.29, 1.82) is 0 Å². The van der Waals surface area contributed by atoms with Crippen LogP contribution in [0.4, 0.5) is 10.2 Å². The normalized spacial score (nSPS) is 17.4. The minimum Gasteiger partial charge on any atom is -0.481 e. The molecule has 1 aliphatic heterocycles. The lowest BCUT2D eigenvalue weighted by molar-refractivity contribution is -0.123. The number of anilines is 1. The Labute approximate surface area is 140 Å². The number of pyridine rings is 1. The van der Waals surface area contributed by atoms with Crippen molar-refractivity contribution < 1.29 is 13.9 Å². The van der Waals surface area contributed by atoms with Gasteiger partial charge in [0.05, 0.1) is 0 Å². The highest BCUT2D eigenvalue weighted by Crippen LogP contribution is 2.18. The molecule has 5 nitrogen and oxygen atoms in total. The molecule has 24 heavy (non-hydrogen) atoms. The van der Waals surface area contributed by atoms with E-state index in [1.165, 1.54) is 12.1 Å². The van der Waals surface area contributed by atoms with Gasteiger partial charge in [-0.15, -0.1) is 0 Å². The summed E-state index contributed by atoms with van der Waals surface area (Å²) in [7, 11) is 0. The molecule has 2 heterocycles. The second-order valence-electron chi connectivity index (χ2n) is 5.76. The number of carbonyl (C=O) groups is 1. The average Bonchev–Trinajstić information content (AvgIpc) is 2.62. The van der Waals surface area contributed by atoms with Crippen LogP contribution < -0.4 is 15.0 Å². The molecule has 126 valence electrons. The van der Waals surface area contributed by atoms with Crippen LogP contribution in [0.3, 0.4) is 0 Å². The topological polar surface area (TPSA) is 54.5 Å². The number of rotatable bonds is 5. The van der Waals surface area contributed by atoms with Crippen molar-refractivity contribution in [3.63, 3.8) is 0 Å². The Morgan fingerprint density at radius 1 is 1.29 bits per heavy atom. The molecule has 1 aromatic heterocycles. The van der Waals surface area contributed by atoms with Crippen LogP contribution in [0.25, 0.3) is 0 Å². The first-order valence-corrected chi connectivity index (χ1v) is 8.05. The van der Waals surface area contributed by atoms with Crippen LogP contribution in [0.5, 0.6) is 5.75 Å². The molecule has 0 saturated carbocycles. The Hall–Kier alpha value is -2.63. The van der Waals surface area contributed by atoms with E-state index in [1.807, 2.05) is 18.2 Å². The maximum Gasteiger partial charge on any atom is 0.258 e. The molecule has 0 radical (unpaired) electrons. The van der Waals surface area contributed by atoms with Gasteiger partial charge in [0.1, 0.15) is 5.82 Å². The fourth-order valence-electron chi connectivity index (χ4n) is 2.82. The summed E-state index contributed by atoms with van der Waals surface area (Å²) in [6.45, 7) is 1.44. The third kappa shape index (κ3) is 4.22. The molecule has 1 aromatic carbocycles. The lowest BCUT2D eigenvalue weighted by Crippen LogP contribution is -2.49. The Morgan fingerprint density at radius 3 is 2.92 bits per heavy atom. The number of nitrogens with zero attached hydrogens (tertiary/aromatic N) is 2. The maximum atomic E-state index is 13.5. The van der Waals surface area contributed by atoms with Crippen LogP contribution in [-0.2, 0) is 4.79 Å². The molecule has 0 spiro atoms. The number of hydrogen-bond acceptors (Lipinski definition) is 4. The van der Waals surface area contributed by atoms with Gasteiger partial charge in [-0.3, -0.25) is 4.79 Å². The minimum absolute atomic E-state index is 0.0393. The SMILES string of the molecule is O=C(COc1ccccc1F)N[C@H]1CCCN(c2ccccn2)C1. The Kier molecular flexibility index (Phi) is 5.25. The van der Waals surface area contributed by atoms with Crippen molar-refractivity contribution in [3.8, 4) is 5.75 Å². The van der Waals surface area contributed by atoms with E-state index < -0.39 is 5.82 Å². The Morgan fingerprint density at radius 2 is 2.12 bits per heavy atom. The standard InChI is InChI=1S/C18H20FN3O2/c19-15-7-1-2-8-16(15)24-13-18(23)21-14-6-5-11-22(12-14)17-9-3-4-10-20-17/h1-4,7-10,14H,5-6,11-13H2,(H,21,23)/t14-/m0/s1. The summed E-state index contributed by atoms with van der Waals surface area (Å²) < 4.78 is 18.7. The van der Waals surface area contributed by atoms with Gasteiger partial charge < -0.3 is 15.0 Å². The van der Waals surface area contributed by atoms with Gasteiger partial charge >= 0.3 is 0 Å². The quantitative estimate of drug-likeness (QED) is 0.915. The number of hydrogen-bond donors (Lipinski definition) is 1. The third-order valence-electron chi connectivity index (χ3n) is 3.96.